The Morgan fingerprint density at radius 1 is 0.938 bits per heavy atom. The molecule has 0 saturated carbocycles. The normalized spacial score (nSPS) is 20.9. The highest BCUT2D eigenvalue weighted by Crippen LogP contribution is 2.44. The Kier molecular flexibility index (Phi) is 4.98. The van der Waals surface area contributed by atoms with Crippen molar-refractivity contribution in [3.8, 4) is 0 Å². The molecule has 0 aliphatic heterocycles. The van der Waals surface area contributed by atoms with Crippen LogP contribution in [0.1, 0.15) is 59.8 Å². The summed E-state index contributed by atoms with van der Waals surface area (Å²) in [7, 11) is 0. The van der Waals surface area contributed by atoms with E-state index in [9.17, 15) is 4.79 Å². The third-order valence-electron chi connectivity index (χ3n) is 3.79. The van der Waals surface area contributed by atoms with Gasteiger partial charge in [-0.1, -0.05) is 38.8 Å². The smallest absolute Gasteiger partial charge is 0.124 e. The van der Waals surface area contributed by atoms with Gasteiger partial charge in [0.05, 0.1) is 0 Å². The van der Waals surface area contributed by atoms with E-state index in [-0.39, 0.29) is 0 Å². The molecule has 1 atom stereocenters. The maximum atomic E-state index is 10.8. The number of hydrogen-bond donors (Lipinski definition) is 0. The van der Waals surface area contributed by atoms with E-state index in [0.29, 0.717) is 12.3 Å². The first kappa shape index (κ1) is 13.2. The van der Waals surface area contributed by atoms with Gasteiger partial charge in [0.25, 0.3) is 0 Å². The molecule has 16 heavy (non-hydrogen) atoms. The lowest BCUT2D eigenvalue weighted by Crippen LogP contribution is -2.02. The van der Waals surface area contributed by atoms with Crippen LogP contribution < -0.4 is 0 Å². The Balaban J connectivity index is 3.20. The number of allylic oxidation sites excluding steroid dienone is 4. The molecule has 0 aromatic heterocycles. The second kappa shape index (κ2) is 6.03. The summed E-state index contributed by atoms with van der Waals surface area (Å²) < 4.78 is 0. The average Bonchev–Trinajstić information content (AvgIpc) is 2.61. The van der Waals surface area contributed by atoms with Crippen LogP contribution >= 0.6 is 0 Å². The van der Waals surface area contributed by atoms with Gasteiger partial charge in [0, 0.05) is 12.3 Å². The molecule has 0 saturated heterocycles. The first-order valence-corrected chi connectivity index (χ1v) is 6.62. The largest absolute Gasteiger partial charge is 0.303 e. The highest BCUT2D eigenvalue weighted by molar-refractivity contribution is 5.62. The van der Waals surface area contributed by atoms with E-state index in [4.69, 9.17) is 0 Å². The lowest BCUT2D eigenvalue weighted by molar-refractivity contribution is -0.107. The molecular formula is C15H24O. The van der Waals surface area contributed by atoms with E-state index in [1.54, 1.807) is 5.57 Å². The highest BCUT2D eigenvalue weighted by Gasteiger charge is 2.28. The van der Waals surface area contributed by atoms with Crippen LogP contribution in [-0.4, -0.2) is 6.29 Å². The molecule has 0 radical (unpaired) electrons. The Morgan fingerprint density at radius 2 is 1.50 bits per heavy atom. The van der Waals surface area contributed by atoms with Gasteiger partial charge in [-0.3, -0.25) is 0 Å². The molecule has 0 aromatic rings. The molecule has 0 spiro atoms. The van der Waals surface area contributed by atoms with Crippen molar-refractivity contribution >= 4 is 6.29 Å². The summed E-state index contributed by atoms with van der Waals surface area (Å²) in [5.41, 5.74) is 5.98. The van der Waals surface area contributed by atoms with Crippen LogP contribution in [0.3, 0.4) is 0 Å². The average molecular weight is 220 g/mol. The molecule has 1 unspecified atom stereocenters. The topological polar surface area (TPSA) is 17.1 Å². The fourth-order valence-corrected chi connectivity index (χ4v) is 3.21. The Hall–Kier alpha value is -0.850. The number of hydrogen-bond acceptors (Lipinski definition) is 1. The third kappa shape index (κ3) is 2.14. The predicted molar refractivity (Wildman–Crippen MR) is 69.4 cm³/mol. The SMILES string of the molecule is CCC1=C(CC)C(CC)C(CC)=C1CC=O. The Bertz CT molecular complexity index is 320. The fraction of sp³-hybridized carbons (Fsp3) is 0.667. The monoisotopic (exact) mass is 220 g/mol. The maximum absolute atomic E-state index is 10.8. The molecule has 1 heteroatoms. The van der Waals surface area contributed by atoms with Gasteiger partial charge in [-0.15, -0.1) is 0 Å². The zero-order valence-electron chi connectivity index (χ0n) is 11.1. The minimum Gasteiger partial charge on any atom is -0.303 e. The molecule has 0 amide bonds. The quantitative estimate of drug-likeness (QED) is 0.605. The van der Waals surface area contributed by atoms with Gasteiger partial charge in [-0.05, 0) is 36.8 Å². The number of carbonyl (C=O) groups is 1. The molecule has 1 nitrogen and oxygen atoms in total. The van der Waals surface area contributed by atoms with Crippen molar-refractivity contribution in [1.29, 1.82) is 0 Å². The predicted octanol–water partition coefficient (Wildman–Crippen LogP) is 4.44. The van der Waals surface area contributed by atoms with Crippen LogP contribution in [0.5, 0.6) is 0 Å². The van der Waals surface area contributed by atoms with Gasteiger partial charge in [0.15, 0.2) is 0 Å². The summed E-state index contributed by atoms with van der Waals surface area (Å²) >= 11 is 0. The second-order valence-corrected chi connectivity index (χ2v) is 4.40. The highest BCUT2D eigenvalue weighted by atomic mass is 16.1. The van der Waals surface area contributed by atoms with Crippen molar-refractivity contribution in [1.82, 2.24) is 0 Å². The fourth-order valence-electron chi connectivity index (χ4n) is 3.21. The molecule has 90 valence electrons. The number of aldehydes is 1. The summed E-state index contributed by atoms with van der Waals surface area (Å²) in [6.07, 6.45) is 6.16. The van der Waals surface area contributed by atoms with Crippen LogP contribution in [0.2, 0.25) is 0 Å². The number of rotatable bonds is 6. The van der Waals surface area contributed by atoms with Crippen molar-refractivity contribution in [2.75, 3.05) is 0 Å². The molecule has 0 N–H and O–H groups in total. The standard InChI is InChI=1S/C15H24O/c1-5-11-12(6-2)14(8-4)15(9-10-16)13(11)7-3/h10-11H,5-9H2,1-4H3. The van der Waals surface area contributed by atoms with Gasteiger partial charge in [-0.2, -0.15) is 0 Å². The van der Waals surface area contributed by atoms with Gasteiger partial charge in [0.1, 0.15) is 6.29 Å². The zero-order chi connectivity index (χ0) is 12.1. The van der Waals surface area contributed by atoms with Gasteiger partial charge in [-0.25, -0.2) is 0 Å². The van der Waals surface area contributed by atoms with E-state index in [2.05, 4.69) is 27.7 Å². The third-order valence-corrected chi connectivity index (χ3v) is 3.79. The van der Waals surface area contributed by atoms with Crippen LogP contribution in [0, 0.1) is 5.92 Å². The van der Waals surface area contributed by atoms with Gasteiger partial charge >= 0.3 is 0 Å². The van der Waals surface area contributed by atoms with Gasteiger partial charge in [0.2, 0.25) is 0 Å². The van der Waals surface area contributed by atoms with Crippen LogP contribution in [-0.2, 0) is 4.79 Å². The van der Waals surface area contributed by atoms with Crippen molar-refractivity contribution in [2.45, 2.75) is 59.8 Å². The lowest BCUT2D eigenvalue weighted by Gasteiger charge is -2.16. The van der Waals surface area contributed by atoms with Crippen LogP contribution in [0.25, 0.3) is 0 Å². The molecule has 0 aromatic carbocycles. The maximum Gasteiger partial charge on any atom is 0.124 e. The minimum atomic E-state index is 0.617. The summed E-state index contributed by atoms with van der Waals surface area (Å²) in [6.45, 7) is 8.92. The molecule has 1 rings (SSSR count). The van der Waals surface area contributed by atoms with Gasteiger partial charge < -0.3 is 4.79 Å². The lowest BCUT2D eigenvalue weighted by atomic mass is 9.89. The molecule has 0 bridgehead atoms. The summed E-state index contributed by atoms with van der Waals surface area (Å²) in [6, 6.07) is 0. The molecule has 0 fully saturated rings. The molecule has 1 aliphatic carbocycles. The Morgan fingerprint density at radius 3 is 1.88 bits per heavy atom. The van der Waals surface area contributed by atoms with E-state index < -0.39 is 0 Å². The summed E-state index contributed by atoms with van der Waals surface area (Å²) in [5, 5.41) is 0. The molecular weight excluding hydrogens is 196 g/mol. The summed E-state index contributed by atoms with van der Waals surface area (Å²) in [4.78, 5) is 10.8. The van der Waals surface area contributed by atoms with Crippen molar-refractivity contribution in [2.24, 2.45) is 5.92 Å². The van der Waals surface area contributed by atoms with Crippen LogP contribution in [0.4, 0.5) is 0 Å². The molecule has 0 heterocycles. The minimum absolute atomic E-state index is 0.617. The summed E-state index contributed by atoms with van der Waals surface area (Å²) in [5.74, 6) is 0.625. The van der Waals surface area contributed by atoms with Crippen molar-refractivity contribution in [3.05, 3.63) is 22.3 Å². The number of carbonyl (C=O) groups excluding carboxylic acids is 1. The van der Waals surface area contributed by atoms with E-state index in [1.165, 1.54) is 23.1 Å². The van der Waals surface area contributed by atoms with Crippen molar-refractivity contribution in [3.63, 3.8) is 0 Å². The first-order valence-electron chi connectivity index (χ1n) is 6.62. The van der Waals surface area contributed by atoms with Crippen LogP contribution in [0.15, 0.2) is 22.3 Å². The van der Waals surface area contributed by atoms with E-state index in [0.717, 1.165) is 25.5 Å². The van der Waals surface area contributed by atoms with Crippen molar-refractivity contribution < 1.29 is 4.79 Å². The van der Waals surface area contributed by atoms with E-state index >= 15 is 0 Å². The second-order valence-electron chi connectivity index (χ2n) is 4.40. The Labute approximate surface area is 99.6 Å². The van der Waals surface area contributed by atoms with E-state index in [1.807, 2.05) is 0 Å². The zero-order valence-corrected chi connectivity index (χ0v) is 11.1. The first-order chi connectivity index (χ1) is 7.74. The molecule has 1 aliphatic rings.